The van der Waals surface area contributed by atoms with Crippen molar-refractivity contribution in [3.8, 4) is 0 Å². The van der Waals surface area contributed by atoms with Crippen molar-refractivity contribution in [3.05, 3.63) is 29.8 Å². The van der Waals surface area contributed by atoms with Gasteiger partial charge in [-0.25, -0.2) is 0 Å². The second-order valence-corrected chi connectivity index (χ2v) is 5.46. The summed E-state index contributed by atoms with van der Waals surface area (Å²) < 4.78 is 0. The smallest absolute Gasteiger partial charge is 0.228 e. The number of carbonyl (C=O) groups is 1. The van der Waals surface area contributed by atoms with Crippen LogP contribution in [0.25, 0.3) is 0 Å². The van der Waals surface area contributed by atoms with Crippen molar-refractivity contribution in [3.63, 3.8) is 0 Å². The van der Waals surface area contributed by atoms with Gasteiger partial charge in [-0.3, -0.25) is 4.79 Å². The van der Waals surface area contributed by atoms with E-state index in [9.17, 15) is 9.90 Å². The summed E-state index contributed by atoms with van der Waals surface area (Å²) in [6.07, 6.45) is 0.434. The number of hydrogen-bond donors (Lipinski definition) is 2. The average molecular weight is 248 g/mol. The molecule has 1 unspecified atom stereocenters. The Hall–Kier alpha value is -1.39. The fraction of sp³-hybridized carbons (Fsp3) is 0.500. The monoisotopic (exact) mass is 248 g/mol. The van der Waals surface area contributed by atoms with Crippen LogP contribution in [0.4, 0.5) is 5.69 Å². The lowest BCUT2D eigenvalue weighted by Gasteiger charge is -2.33. The van der Waals surface area contributed by atoms with E-state index in [1.807, 2.05) is 24.3 Å². The number of anilines is 1. The van der Waals surface area contributed by atoms with E-state index in [1.165, 1.54) is 0 Å². The van der Waals surface area contributed by atoms with E-state index in [1.54, 1.807) is 25.8 Å². The predicted octanol–water partition coefficient (Wildman–Crippen LogP) is 1.45. The summed E-state index contributed by atoms with van der Waals surface area (Å²) in [4.78, 5) is 13.6. The molecule has 1 aliphatic heterocycles. The molecule has 1 aliphatic rings. The van der Waals surface area contributed by atoms with E-state index in [-0.39, 0.29) is 11.9 Å². The summed E-state index contributed by atoms with van der Waals surface area (Å²) in [5, 5.41) is 13.0. The second-order valence-electron chi connectivity index (χ2n) is 5.46. The molecule has 2 rings (SSSR count). The summed E-state index contributed by atoms with van der Waals surface area (Å²) >= 11 is 0. The molecular formula is C14H20N2O2. The van der Waals surface area contributed by atoms with Crippen LogP contribution in [0.1, 0.15) is 31.9 Å². The molecular weight excluding hydrogens is 228 g/mol. The third kappa shape index (κ3) is 2.71. The zero-order valence-electron chi connectivity index (χ0n) is 11.1. The minimum Gasteiger partial charge on any atom is -0.389 e. The topological polar surface area (TPSA) is 52.6 Å². The normalized spacial score (nSPS) is 19.9. The zero-order valence-corrected chi connectivity index (χ0v) is 11.1. The molecule has 0 spiro atoms. The van der Waals surface area contributed by atoms with Gasteiger partial charge >= 0.3 is 0 Å². The summed E-state index contributed by atoms with van der Waals surface area (Å²) in [5.74, 6) is 0.0990. The van der Waals surface area contributed by atoms with Crippen LogP contribution < -0.4 is 10.2 Å². The summed E-state index contributed by atoms with van der Waals surface area (Å²) in [6.45, 7) is 3.97. The van der Waals surface area contributed by atoms with E-state index >= 15 is 0 Å². The largest absolute Gasteiger partial charge is 0.389 e. The maximum absolute atomic E-state index is 11.9. The molecule has 0 bridgehead atoms. The van der Waals surface area contributed by atoms with Crippen LogP contribution in [0, 0.1) is 0 Å². The van der Waals surface area contributed by atoms with Gasteiger partial charge in [-0.05, 0) is 25.5 Å². The molecule has 98 valence electrons. The minimum atomic E-state index is -0.776. The fourth-order valence-corrected chi connectivity index (χ4v) is 2.20. The van der Waals surface area contributed by atoms with Crippen LogP contribution in [0.5, 0.6) is 0 Å². The van der Waals surface area contributed by atoms with Crippen LogP contribution in [-0.2, 0) is 4.79 Å². The van der Waals surface area contributed by atoms with E-state index in [0.29, 0.717) is 13.0 Å². The van der Waals surface area contributed by atoms with Crippen molar-refractivity contribution in [2.24, 2.45) is 0 Å². The Balaban J connectivity index is 2.22. The van der Waals surface area contributed by atoms with Gasteiger partial charge in [0, 0.05) is 31.7 Å². The van der Waals surface area contributed by atoms with Gasteiger partial charge in [0.25, 0.3) is 0 Å². The highest BCUT2D eigenvalue weighted by Gasteiger charge is 2.29. The van der Waals surface area contributed by atoms with Crippen molar-refractivity contribution in [1.29, 1.82) is 0 Å². The molecule has 1 amide bonds. The molecule has 1 heterocycles. The van der Waals surface area contributed by atoms with Crippen LogP contribution in [0.3, 0.4) is 0 Å². The van der Waals surface area contributed by atoms with E-state index < -0.39 is 5.60 Å². The fourth-order valence-electron chi connectivity index (χ4n) is 2.20. The first-order valence-electron chi connectivity index (χ1n) is 6.20. The Labute approximate surface area is 108 Å². The van der Waals surface area contributed by atoms with Gasteiger partial charge in [0.05, 0.1) is 5.60 Å². The summed E-state index contributed by atoms with van der Waals surface area (Å²) in [5.41, 5.74) is 1.28. The molecule has 0 fully saturated rings. The Kier molecular flexibility index (Phi) is 3.41. The van der Waals surface area contributed by atoms with Gasteiger partial charge in [0.1, 0.15) is 0 Å². The van der Waals surface area contributed by atoms with E-state index in [2.05, 4.69) is 5.32 Å². The van der Waals surface area contributed by atoms with Crippen molar-refractivity contribution in [1.82, 2.24) is 5.32 Å². The maximum Gasteiger partial charge on any atom is 0.228 e. The molecule has 1 aromatic carbocycles. The number of nitrogens with one attached hydrogen (secondary N) is 1. The molecule has 18 heavy (non-hydrogen) atoms. The first-order valence-corrected chi connectivity index (χ1v) is 6.20. The molecule has 1 atom stereocenters. The highest BCUT2D eigenvalue weighted by molar-refractivity contribution is 5.96. The van der Waals surface area contributed by atoms with Crippen molar-refractivity contribution < 1.29 is 9.90 Å². The SMILES string of the molecule is CN1C(=O)CC(NCC(C)(C)O)c2ccccc21. The Bertz CT molecular complexity index is 451. The summed E-state index contributed by atoms with van der Waals surface area (Å²) in [7, 11) is 1.80. The Morgan fingerprint density at radius 2 is 2.11 bits per heavy atom. The van der Waals surface area contributed by atoms with Gasteiger partial charge in [-0.15, -0.1) is 0 Å². The molecule has 0 radical (unpaired) electrons. The van der Waals surface area contributed by atoms with Crippen molar-refractivity contribution in [2.75, 3.05) is 18.5 Å². The third-order valence-electron chi connectivity index (χ3n) is 3.21. The first-order chi connectivity index (χ1) is 8.38. The molecule has 4 heteroatoms. The number of carbonyl (C=O) groups excluding carboxylic acids is 1. The highest BCUT2D eigenvalue weighted by atomic mass is 16.3. The van der Waals surface area contributed by atoms with Gasteiger partial charge < -0.3 is 15.3 Å². The lowest BCUT2D eigenvalue weighted by molar-refractivity contribution is -0.119. The van der Waals surface area contributed by atoms with Crippen LogP contribution >= 0.6 is 0 Å². The maximum atomic E-state index is 11.9. The second kappa shape index (κ2) is 4.71. The van der Waals surface area contributed by atoms with Gasteiger partial charge in [0.2, 0.25) is 5.91 Å². The van der Waals surface area contributed by atoms with Gasteiger partial charge in [0.15, 0.2) is 0 Å². The molecule has 0 saturated carbocycles. The van der Waals surface area contributed by atoms with Gasteiger partial charge in [-0.2, -0.15) is 0 Å². The average Bonchev–Trinajstić information content (AvgIpc) is 2.31. The molecule has 2 N–H and O–H groups in total. The van der Waals surface area contributed by atoms with Gasteiger partial charge in [-0.1, -0.05) is 18.2 Å². The standard InChI is InChI=1S/C14H20N2O2/c1-14(2,18)9-15-11-8-13(17)16(3)12-7-5-4-6-10(11)12/h4-7,11,15,18H,8-9H2,1-3H3. The first kappa shape index (κ1) is 13.1. The number of para-hydroxylation sites is 1. The minimum absolute atomic E-state index is 0.0173. The van der Waals surface area contributed by atoms with Crippen LogP contribution in [-0.4, -0.2) is 30.2 Å². The molecule has 0 aromatic heterocycles. The number of nitrogens with zero attached hydrogens (tertiary/aromatic N) is 1. The predicted molar refractivity (Wildman–Crippen MR) is 71.5 cm³/mol. The molecule has 0 aliphatic carbocycles. The zero-order chi connectivity index (χ0) is 13.3. The summed E-state index contributed by atoms with van der Waals surface area (Å²) in [6, 6.07) is 7.87. The third-order valence-corrected chi connectivity index (χ3v) is 3.21. The highest BCUT2D eigenvalue weighted by Crippen LogP contribution is 2.33. The molecule has 4 nitrogen and oxygen atoms in total. The Morgan fingerprint density at radius 1 is 1.44 bits per heavy atom. The lowest BCUT2D eigenvalue weighted by atomic mass is 9.95. The number of aliphatic hydroxyl groups is 1. The van der Waals surface area contributed by atoms with Crippen LogP contribution in [0.2, 0.25) is 0 Å². The molecule has 0 saturated heterocycles. The number of amides is 1. The lowest BCUT2D eigenvalue weighted by Crippen LogP contribution is -2.42. The van der Waals surface area contributed by atoms with Crippen molar-refractivity contribution >= 4 is 11.6 Å². The van der Waals surface area contributed by atoms with Crippen molar-refractivity contribution in [2.45, 2.75) is 31.9 Å². The molecule has 1 aromatic rings. The van der Waals surface area contributed by atoms with Crippen LogP contribution in [0.15, 0.2) is 24.3 Å². The quantitative estimate of drug-likeness (QED) is 0.851. The van der Waals surface area contributed by atoms with E-state index in [4.69, 9.17) is 0 Å². The van der Waals surface area contributed by atoms with E-state index in [0.717, 1.165) is 11.3 Å². The number of hydrogen-bond acceptors (Lipinski definition) is 3. The Morgan fingerprint density at radius 3 is 2.78 bits per heavy atom. The number of fused-ring (bicyclic) bond motifs is 1. The number of rotatable bonds is 3. The number of benzene rings is 1.